The zero-order valence-corrected chi connectivity index (χ0v) is 12.7. The molecule has 1 amide bonds. The quantitative estimate of drug-likeness (QED) is 0.801. The minimum atomic E-state index is -0.269. The summed E-state index contributed by atoms with van der Waals surface area (Å²) in [7, 11) is 0. The molecule has 21 heavy (non-hydrogen) atoms. The van der Waals surface area contributed by atoms with Gasteiger partial charge in [0.25, 0.3) is 5.91 Å². The Labute approximate surface area is 130 Å². The first-order valence-corrected chi connectivity index (χ1v) is 7.55. The summed E-state index contributed by atoms with van der Waals surface area (Å²) in [5.41, 5.74) is 1.03. The van der Waals surface area contributed by atoms with E-state index in [2.05, 4.69) is 20.5 Å². The van der Waals surface area contributed by atoms with Crippen LogP contribution < -0.4 is 5.32 Å². The van der Waals surface area contributed by atoms with Crippen LogP contribution >= 0.6 is 22.9 Å². The van der Waals surface area contributed by atoms with E-state index in [1.54, 1.807) is 24.4 Å². The summed E-state index contributed by atoms with van der Waals surface area (Å²) >= 11 is 7.49. The van der Waals surface area contributed by atoms with E-state index in [9.17, 15) is 4.79 Å². The third kappa shape index (κ3) is 2.72. The first-order valence-electron chi connectivity index (χ1n) is 6.36. The van der Waals surface area contributed by atoms with Crippen LogP contribution in [0.3, 0.4) is 0 Å². The number of carbonyl (C=O) groups excluding carboxylic acids is 1. The molecule has 2 aromatic heterocycles. The van der Waals surface area contributed by atoms with Gasteiger partial charge in [0.05, 0.1) is 16.1 Å². The van der Waals surface area contributed by atoms with Gasteiger partial charge in [-0.2, -0.15) is 0 Å². The smallest absolute Gasteiger partial charge is 0.259 e. The molecule has 3 rings (SSSR count). The van der Waals surface area contributed by atoms with Crippen molar-refractivity contribution in [2.24, 2.45) is 0 Å². The summed E-state index contributed by atoms with van der Waals surface area (Å²) in [6, 6.07) is 6.97. The van der Waals surface area contributed by atoms with E-state index < -0.39 is 0 Å². The first-order chi connectivity index (χ1) is 10.2. The summed E-state index contributed by atoms with van der Waals surface area (Å²) in [5.74, 6) is -0.269. The van der Waals surface area contributed by atoms with Crippen LogP contribution in [0.2, 0.25) is 5.02 Å². The Morgan fingerprint density at radius 3 is 2.95 bits per heavy atom. The molecule has 0 fully saturated rings. The zero-order chi connectivity index (χ0) is 14.8. The molecule has 7 heteroatoms. The molecule has 0 saturated carbocycles. The molecule has 5 nitrogen and oxygen atoms in total. The predicted molar refractivity (Wildman–Crippen MR) is 84.0 cm³/mol. The van der Waals surface area contributed by atoms with Gasteiger partial charge in [0.15, 0.2) is 0 Å². The number of anilines is 1. The number of nitrogens with zero attached hydrogens (tertiary/aromatic N) is 3. The summed E-state index contributed by atoms with van der Waals surface area (Å²) < 4.78 is 0. The summed E-state index contributed by atoms with van der Waals surface area (Å²) in [5, 5.41) is 13.3. The summed E-state index contributed by atoms with van der Waals surface area (Å²) in [4.78, 5) is 16.6. The van der Waals surface area contributed by atoms with Crippen LogP contribution in [-0.2, 0) is 6.42 Å². The lowest BCUT2D eigenvalue weighted by Crippen LogP contribution is -2.12. The van der Waals surface area contributed by atoms with Gasteiger partial charge in [-0.3, -0.25) is 15.1 Å². The number of fused-ring (bicyclic) bond motifs is 1. The molecule has 0 radical (unpaired) electrons. The largest absolute Gasteiger partial charge is 0.296 e. The summed E-state index contributed by atoms with van der Waals surface area (Å²) in [6.45, 7) is 1.99. The molecule has 0 aliphatic heterocycles. The molecular formula is C14H11ClN4OS. The second kappa shape index (κ2) is 5.75. The molecule has 1 N–H and O–H groups in total. The van der Waals surface area contributed by atoms with Gasteiger partial charge in [-0.15, -0.1) is 10.2 Å². The van der Waals surface area contributed by atoms with Gasteiger partial charge in [-0.05, 0) is 30.7 Å². The van der Waals surface area contributed by atoms with Gasteiger partial charge in [-0.1, -0.05) is 29.9 Å². The van der Waals surface area contributed by atoms with Gasteiger partial charge in [0, 0.05) is 11.6 Å². The fourth-order valence-corrected chi connectivity index (χ4v) is 2.82. The predicted octanol–water partition coefficient (Wildman–Crippen LogP) is 3.55. The topological polar surface area (TPSA) is 67.8 Å². The number of amides is 1. The zero-order valence-electron chi connectivity index (χ0n) is 11.1. The van der Waals surface area contributed by atoms with E-state index in [4.69, 9.17) is 11.6 Å². The van der Waals surface area contributed by atoms with E-state index in [0.717, 1.165) is 16.8 Å². The average Bonchev–Trinajstić information content (AvgIpc) is 2.95. The minimum absolute atomic E-state index is 0.269. The van der Waals surface area contributed by atoms with Crippen LogP contribution in [0.25, 0.3) is 10.9 Å². The van der Waals surface area contributed by atoms with Crippen LogP contribution in [-0.4, -0.2) is 21.1 Å². The number of aryl methyl sites for hydroxylation is 1. The second-order valence-electron chi connectivity index (χ2n) is 4.30. The Hall–Kier alpha value is -2.05. The van der Waals surface area contributed by atoms with Crippen molar-refractivity contribution in [1.29, 1.82) is 0 Å². The monoisotopic (exact) mass is 318 g/mol. The maximum absolute atomic E-state index is 12.4. The van der Waals surface area contributed by atoms with Gasteiger partial charge in [0.2, 0.25) is 5.13 Å². The fourth-order valence-electron chi connectivity index (χ4n) is 1.93. The van der Waals surface area contributed by atoms with E-state index in [-0.39, 0.29) is 5.91 Å². The molecule has 106 valence electrons. The molecule has 1 aromatic carbocycles. The van der Waals surface area contributed by atoms with Crippen molar-refractivity contribution < 1.29 is 4.79 Å². The molecule has 0 spiro atoms. The Kier molecular flexibility index (Phi) is 3.81. The molecule has 3 aromatic rings. The van der Waals surface area contributed by atoms with Crippen LogP contribution in [0, 0.1) is 0 Å². The lowest BCUT2D eigenvalue weighted by atomic mass is 10.1. The minimum Gasteiger partial charge on any atom is -0.296 e. The Bertz CT molecular complexity index is 818. The molecule has 0 unspecified atom stereocenters. The number of carbonyl (C=O) groups is 1. The van der Waals surface area contributed by atoms with Crippen molar-refractivity contribution in [2.75, 3.05) is 5.32 Å². The third-order valence-corrected chi connectivity index (χ3v) is 4.26. The summed E-state index contributed by atoms with van der Waals surface area (Å²) in [6.07, 6.45) is 2.43. The number of rotatable bonds is 3. The molecule has 0 atom stereocenters. The maximum Gasteiger partial charge on any atom is 0.259 e. The van der Waals surface area contributed by atoms with E-state index in [1.807, 2.05) is 13.0 Å². The lowest BCUT2D eigenvalue weighted by molar-refractivity contribution is 0.102. The van der Waals surface area contributed by atoms with Crippen molar-refractivity contribution in [3.63, 3.8) is 0 Å². The van der Waals surface area contributed by atoms with E-state index in [0.29, 0.717) is 21.2 Å². The average molecular weight is 319 g/mol. The second-order valence-corrected chi connectivity index (χ2v) is 5.77. The number of benzene rings is 1. The molecule has 0 saturated heterocycles. The highest BCUT2D eigenvalue weighted by molar-refractivity contribution is 7.15. The highest BCUT2D eigenvalue weighted by Crippen LogP contribution is 2.25. The third-order valence-electron chi connectivity index (χ3n) is 2.95. The molecule has 0 aliphatic rings. The first kappa shape index (κ1) is 13.9. The SMILES string of the molecule is CCc1nnc(NC(=O)c2ccc(Cl)c3cccnc23)s1. The van der Waals surface area contributed by atoms with E-state index >= 15 is 0 Å². The van der Waals surface area contributed by atoms with Gasteiger partial charge < -0.3 is 0 Å². The van der Waals surface area contributed by atoms with Gasteiger partial charge in [-0.25, -0.2) is 0 Å². The van der Waals surface area contributed by atoms with Crippen molar-refractivity contribution >= 4 is 44.9 Å². The van der Waals surface area contributed by atoms with Crippen LogP contribution in [0.5, 0.6) is 0 Å². The molecular weight excluding hydrogens is 308 g/mol. The highest BCUT2D eigenvalue weighted by atomic mass is 35.5. The van der Waals surface area contributed by atoms with Crippen LogP contribution in [0.4, 0.5) is 5.13 Å². The van der Waals surface area contributed by atoms with Crippen LogP contribution in [0.1, 0.15) is 22.3 Å². The Balaban J connectivity index is 1.96. The molecule has 0 bridgehead atoms. The van der Waals surface area contributed by atoms with Gasteiger partial charge >= 0.3 is 0 Å². The Morgan fingerprint density at radius 2 is 2.19 bits per heavy atom. The molecule has 2 heterocycles. The number of pyridine rings is 1. The number of nitrogens with one attached hydrogen (secondary N) is 1. The lowest BCUT2D eigenvalue weighted by Gasteiger charge is -2.06. The number of hydrogen-bond acceptors (Lipinski definition) is 5. The van der Waals surface area contributed by atoms with Gasteiger partial charge in [0.1, 0.15) is 5.01 Å². The number of hydrogen-bond donors (Lipinski definition) is 1. The number of halogens is 1. The normalized spacial score (nSPS) is 10.8. The standard InChI is InChI=1S/C14H11ClN4OS/c1-2-11-18-19-14(21-11)17-13(20)9-5-6-10(15)8-4-3-7-16-12(8)9/h3-7H,2H2,1H3,(H,17,19,20). The van der Waals surface area contributed by atoms with Crippen molar-refractivity contribution in [2.45, 2.75) is 13.3 Å². The number of aromatic nitrogens is 3. The Morgan fingerprint density at radius 1 is 1.33 bits per heavy atom. The highest BCUT2D eigenvalue weighted by Gasteiger charge is 2.14. The van der Waals surface area contributed by atoms with Crippen molar-refractivity contribution in [3.05, 3.63) is 46.1 Å². The van der Waals surface area contributed by atoms with Crippen LogP contribution in [0.15, 0.2) is 30.5 Å². The fraction of sp³-hybridized carbons (Fsp3) is 0.143. The maximum atomic E-state index is 12.4. The van der Waals surface area contributed by atoms with Crippen molar-refractivity contribution in [1.82, 2.24) is 15.2 Å². The van der Waals surface area contributed by atoms with E-state index in [1.165, 1.54) is 11.3 Å². The van der Waals surface area contributed by atoms with Crippen molar-refractivity contribution in [3.8, 4) is 0 Å². The molecule has 0 aliphatic carbocycles.